The van der Waals surface area contributed by atoms with Crippen LogP contribution < -0.4 is 9.47 Å². The number of carbonyl (C=O) groups is 2. The van der Waals surface area contributed by atoms with Gasteiger partial charge in [0.15, 0.2) is 17.2 Å². The number of aryl methyl sites for hydroxylation is 1. The highest BCUT2D eigenvalue weighted by molar-refractivity contribution is 6.07. The van der Waals surface area contributed by atoms with Crippen molar-refractivity contribution in [3.8, 4) is 28.4 Å². The minimum absolute atomic E-state index is 0.00419. The molecule has 0 N–H and O–H groups in total. The molecule has 4 aromatic rings. The number of esters is 2. The summed E-state index contributed by atoms with van der Waals surface area (Å²) in [7, 11) is 4.06. The first kappa shape index (κ1) is 24.5. The van der Waals surface area contributed by atoms with E-state index in [0.29, 0.717) is 29.4 Å². The Balaban J connectivity index is 1.91. The topological polar surface area (TPSA) is 88.9 Å². The molecule has 0 aliphatic rings. The first-order valence-electron chi connectivity index (χ1n) is 11.2. The van der Waals surface area contributed by atoms with Gasteiger partial charge in [0.25, 0.3) is 0 Å². The maximum absolute atomic E-state index is 13.0. The van der Waals surface area contributed by atoms with Crippen molar-refractivity contribution in [3.63, 3.8) is 0 Å². The Morgan fingerprint density at radius 2 is 1.47 bits per heavy atom. The zero-order valence-corrected chi connectivity index (χ0v) is 20.5. The van der Waals surface area contributed by atoms with E-state index >= 15 is 0 Å². The van der Waals surface area contributed by atoms with Gasteiger partial charge in [0.05, 0.1) is 27.0 Å². The number of hydrogen-bond acceptors (Lipinski definition) is 7. The Labute approximate surface area is 209 Å². The average molecular weight is 487 g/mol. The maximum atomic E-state index is 13.0. The Bertz CT molecular complexity index is 1380. The molecule has 4 rings (SSSR count). The largest absolute Gasteiger partial charge is 0.493 e. The number of rotatable bonds is 8. The van der Waals surface area contributed by atoms with E-state index in [9.17, 15) is 9.59 Å². The molecule has 1 heterocycles. The van der Waals surface area contributed by atoms with Gasteiger partial charge in [0.2, 0.25) is 0 Å². The standard InChI is InChI=1S/C28H26N2O6/c1-18-15-22(33-2)23(36-17-19-11-7-5-8-12-19)16-21(18)25-24(27(31)34-3)26(28(32)35-4)30(29-25)20-13-9-6-10-14-20/h5-16H,17H2,1-4H3. The monoisotopic (exact) mass is 486 g/mol. The van der Waals surface area contributed by atoms with Crippen molar-refractivity contribution in [2.45, 2.75) is 13.5 Å². The zero-order chi connectivity index (χ0) is 25.7. The lowest BCUT2D eigenvalue weighted by Crippen LogP contribution is -2.15. The van der Waals surface area contributed by atoms with Crippen LogP contribution in [0.25, 0.3) is 16.9 Å². The molecule has 0 aliphatic carbocycles. The molecule has 0 radical (unpaired) electrons. The number of methoxy groups -OCH3 is 3. The Morgan fingerprint density at radius 1 is 0.833 bits per heavy atom. The molecule has 8 nitrogen and oxygen atoms in total. The summed E-state index contributed by atoms with van der Waals surface area (Å²) < 4.78 is 23.1. The first-order chi connectivity index (χ1) is 17.5. The second kappa shape index (κ2) is 10.8. The summed E-state index contributed by atoms with van der Waals surface area (Å²) in [6, 6.07) is 22.3. The summed E-state index contributed by atoms with van der Waals surface area (Å²) in [4.78, 5) is 25.9. The van der Waals surface area contributed by atoms with Crippen LogP contribution in [0.4, 0.5) is 0 Å². The first-order valence-corrected chi connectivity index (χ1v) is 11.2. The van der Waals surface area contributed by atoms with Gasteiger partial charge in [0.1, 0.15) is 17.9 Å². The molecular weight excluding hydrogens is 460 g/mol. The zero-order valence-electron chi connectivity index (χ0n) is 20.5. The van der Waals surface area contributed by atoms with E-state index in [4.69, 9.17) is 18.9 Å². The minimum Gasteiger partial charge on any atom is -0.493 e. The molecule has 0 unspecified atom stereocenters. The molecule has 1 aromatic heterocycles. The third kappa shape index (κ3) is 4.79. The molecule has 8 heteroatoms. The van der Waals surface area contributed by atoms with E-state index in [1.165, 1.54) is 18.9 Å². The van der Waals surface area contributed by atoms with E-state index < -0.39 is 11.9 Å². The van der Waals surface area contributed by atoms with Gasteiger partial charge in [-0.25, -0.2) is 14.3 Å². The number of aromatic nitrogens is 2. The predicted octanol–water partition coefficient (Wildman–Crippen LogP) is 5.01. The number of benzene rings is 3. The fourth-order valence-corrected chi connectivity index (χ4v) is 3.87. The van der Waals surface area contributed by atoms with Crippen molar-refractivity contribution in [2.75, 3.05) is 21.3 Å². The fraction of sp³-hybridized carbons (Fsp3) is 0.179. The van der Waals surface area contributed by atoms with Gasteiger partial charge in [-0.15, -0.1) is 0 Å². The lowest BCUT2D eigenvalue weighted by atomic mass is 10.00. The van der Waals surface area contributed by atoms with Crippen LogP contribution in [-0.2, 0) is 16.1 Å². The van der Waals surface area contributed by atoms with Crippen molar-refractivity contribution in [2.24, 2.45) is 0 Å². The second-order valence-corrected chi connectivity index (χ2v) is 7.89. The second-order valence-electron chi connectivity index (χ2n) is 7.89. The number of para-hydroxylation sites is 1. The van der Waals surface area contributed by atoms with E-state index in [-0.39, 0.29) is 17.0 Å². The third-order valence-corrected chi connectivity index (χ3v) is 5.66. The van der Waals surface area contributed by atoms with Crippen molar-refractivity contribution in [1.29, 1.82) is 0 Å². The number of hydrogen-bond donors (Lipinski definition) is 0. The van der Waals surface area contributed by atoms with Crippen LogP contribution in [-0.4, -0.2) is 43.0 Å². The molecular formula is C28H26N2O6. The van der Waals surface area contributed by atoms with Crippen LogP contribution in [0.2, 0.25) is 0 Å². The molecule has 0 spiro atoms. The van der Waals surface area contributed by atoms with Crippen molar-refractivity contribution in [1.82, 2.24) is 9.78 Å². The fourth-order valence-electron chi connectivity index (χ4n) is 3.87. The average Bonchev–Trinajstić information content (AvgIpc) is 3.32. The van der Waals surface area contributed by atoms with E-state index in [0.717, 1.165) is 11.1 Å². The van der Waals surface area contributed by atoms with Crippen LogP contribution in [0, 0.1) is 6.92 Å². The van der Waals surface area contributed by atoms with Gasteiger partial charge in [-0.2, -0.15) is 5.10 Å². The summed E-state index contributed by atoms with van der Waals surface area (Å²) >= 11 is 0. The third-order valence-electron chi connectivity index (χ3n) is 5.66. The predicted molar refractivity (Wildman–Crippen MR) is 134 cm³/mol. The molecule has 184 valence electrons. The normalized spacial score (nSPS) is 10.6. The molecule has 0 saturated carbocycles. The Hall–Kier alpha value is -4.59. The van der Waals surface area contributed by atoms with Gasteiger partial charge >= 0.3 is 11.9 Å². The van der Waals surface area contributed by atoms with Crippen LogP contribution in [0.15, 0.2) is 72.8 Å². The summed E-state index contributed by atoms with van der Waals surface area (Å²) in [5, 5.41) is 4.68. The minimum atomic E-state index is -0.718. The molecule has 0 amide bonds. The molecule has 0 saturated heterocycles. The van der Waals surface area contributed by atoms with Gasteiger partial charge in [-0.05, 0) is 42.3 Å². The summed E-state index contributed by atoms with van der Waals surface area (Å²) in [5.41, 5.74) is 3.13. The lowest BCUT2D eigenvalue weighted by Gasteiger charge is -2.14. The Morgan fingerprint density at radius 3 is 2.08 bits per heavy atom. The van der Waals surface area contributed by atoms with Crippen LogP contribution in [0.3, 0.4) is 0 Å². The maximum Gasteiger partial charge on any atom is 0.357 e. The molecule has 0 fully saturated rings. The van der Waals surface area contributed by atoms with Crippen LogP contribution >= 0.6 is 0 Å². The van der Waals surface area contributed by atoms with Crippen molar-refractivity contribution < 1.29 is 28.5 Å². The number of nitrogens with zero attached hydrogens (tertiary/aromatic N) is 2. The summed E-state index contributed by atoms with van der Waals surface area (Å²) in [6.45, 7) is 2.18. The van der Waals surface area contributed by atoms with E-state index in [2.05, 4.69) is 5.10 Å². The van der Waals surface area contributed by atoms with Crippen LogP contribution in [0.5, 0.6) is 11.5 Å². The summed E-state index contributed by atoms with van der Waals surface area (Å²) in [5.74, 6) is -0.437. The highest BCUT2D eigenvalue weighted by atomic mass is 16.5. The highest BCUT2D eigenvalue weighted by Crippen LogP contribution is 2.38. The quantitative estimate of drug-likeness (QED) is 0.324. The van der Waals surface area contributed by atoms with Gasteiger partial charge < -0.3 is 18.9 Å². The van der Waals surface area contributed by atoms with Gasteiger partial charge in [0, 0.05) is 5.56 Å². The summed E-state index contributed by atoms with van der Waals surface area (Å²) in [6.07, 6.45) is 0. The highest BCUT2D eigenvalue weighted by Gasteiger charge is 2.32. The molecule has 0 aliphatic heterocycles. The molecule has 0 bridgehead atoms. The number of ether oxygens (including phenoxy) is 4. The molecule has 36 heavy (non-hydrogen) atoms. The lowest BCUT2D eigenvalue weighted by molar-refractivity contribution is 0.0549. The molecule has 3 aromatic carbocycles. The number of carbonyl (C=O) groups excluding carboxylic acids is 2. The van der Waals surface area contributed by atoms with Gasteiger partial charge in [-0.1, -0.05) is 48.5 Å². The molecule has 0 atom stereocenters. The van der Waals surface area contributed by atoms with E-state index in [1.54, 1.807) is 31.4 Å². The van der Waals surface area contributed by atoms with Gasteiger partial charge in [-0.3, -0.25) is 0 Å². The smallest absolute Gasteiger partial charge is 0.357 e. The van der Waals surface area contributed by atoms with Crippen molar-refractivity contribution >= 4 is 11.9 Å². The Kier molecular flexibility index (Phi) is 7.34. The van der Waals surface area contributed by atoms with Crippen LogP contribution in [0.1, 0.15) is 32.0 Å². The SMILES string of the molecule is COC(=O)c1c(-c2cc(OCc3ccccc3)c(OC)cc2C)nn(-c2ccccc2)c1C(=O)OC. The van der Waals surface area contributed by atoms with E-state index in [1.807, 2.05) is 55.5 Å². The van der Waals surface area contributed by atoms with Crippen molar-refractivity contribution in [3.05, 3.63) is 95.2 Å².